The van der Waals surface area contributed by atoms with E-state index in [4.69, 9.17) is 28.9 Å². The summed E-state index contributed by atoms with van der Waals surface area (Å²) < 4.78 is 38.9. The molecule has 1 atom stereocenters. The van der Waals surface area contributed by atoms with E-state index >= 15 is 0 Å². The molecule has 0 spiro atoms. The van der Waals surface area contributed by atoms with Crippen LogP contribution < -0.4 is 5.73 Å². The summed E-state index contributed by atoms with van der Waals surface area (Å²) in [5.74, 6) is -1.81. The average Bonchev–Trinajstić information content (AvgIpc) is 3.33. The highest BCUT2D eigenvalue weighted by molar-refractivity contribution is 6.36. The van der Waals surface area contributed by atoms with E-state index in [1.807, 2.05) is 4.90 Å². The summed E-state index contributed by atoms with van der Waals surface area (Å²) in [7, 11) is 0. The molecule has 2 aromatic rings. The lowest BCUT2D eigenvalue weighted by atomic mass is 9.94. The van der Waals surface area contributed by atoms with E-state index in [1.165, 1.54) is 4.90 Å². The molecule has 5 rings (SSSR count). The summed E-state index contributed by atoms with van der Waals surface area (Å²) in [5, 5.41) is 0.900. The summed E-state index contributed by atoms with van der Waals surface area (Å²) in [6.45, 7) is 1.90. The van der Waals surface area contributed by atoms with Gasteiger partial charge in [0.25, 0.3) is 5.91 Å². The Morgan fingerprint density at radius 3 is 1.95 bits per heavy atom. The van der Waals surface area contributed by atoms with Crippen LogP contribution in [0.5, 0.6) is 0 Å². The van der Waals surface area contributed by atoms with Crippen molar-refractivity contribution in [3.05, 3.63) is 57.6 Å². The molecule has 0 unspecified atom stereocenters. The highest BCUT2D eigenvalue weighted by Crippen LogP contribution is 2.37. The van der Waals surface area contributed by atoms with Gasteiger partial charge in [-0.05, 0) is 79.5 Å². The molecule has 3 fully saturated rings. The first-order chi connectivity index (χ1) is 19.9. The zero-order chi connectivity index (χ0) is 30.2. The third-order valence-electron chi connectivity index (χ3n) is 8.87. The van der Waals surface area contributed by atoms with Crippen molar-refractivity contribution in [1.82, 2.24) is 14.7 Å². The standard InChI is InChI=1S/C30H33Cl2F3N4O3/c31-25-16-21(18-1-3-19(4-2-18)27(40)37-10-6-22(7-11-37)30(33,34)35)17-26(32)24(25)15-20-5-14-39(28(20)41)23-8-12-38(13-9-23)29(36)42/h1-4,16-17,20,22-23H,5-15H2,(H2,36,42)/t20-/m0/s1. The van der Waals surface area contributed by atoms with Crippen LogP contribution in [-0.4, -0.2) is 77.5 Å². The van der Waals surface area contributed by atoms with Gasteiger partial charge in [0.2, 0.25) is 5.91 Å². The highest BCUT2D eigenvalue weighted by atomic mass is 35.5. The SMILES string of the molecule is NC(=O)N1CCC(N2CC[C@@H](Cc3c(Cl)cc(-c4ccc(C(=O)N5CCC(C(F)(F)F)CC5)cc4)cc3Cl)C2=O)CC1. The second kappa shape index (κ2) is 12.3. The number of hydrogen-bond acceptors (Lipinski definition) is 3. The van der Waals surface area contributed by atoms with Crippen LogP contribution in [0.3, 0.4) is 0 Å². The Morgan fingerprint density at radius 1 is 0.833 bits per heavy atom. The molecule has 3 saturated heterocycles. The fourth-order valence-corrected chi connectivity index (χ4v) is 6.96. The molecule has 3 heterocycles. The second-order valence-corrected chi connectivity index (χ2v) is 12.2. The second-order valence-electron chi connectivity index (χ2n) is 11.4. The molecule has 0 saturated carbocycles. The van der Waals surface area contributed by atoms with Gasteiger partial charge in [0.15, 0.2) is 0 Å². The molecule has 2 N–H and O–H groups in total. The van der Waals surface area contributed by atoms with Crippen LogP contribution in [0.4, 0.5) is 18.0 Å². The lowest BCUT2D eigenvalue weighted by Gasteiger charge is -2.36. The van der Waals surface area contributed by atoms with Crippen molar-refractivity contribution >= 4 is 41.0 Å². The fourth-order valence-electron chi connectivity index (χ4n) is 6.32. The average molecular weight is 626 g/mol. The maximum atomic E-state index is 13.3. The molecular weight excluding hydrogens is 592 g/mol. The predicted molar refractivity (Wildman–Crippen MR) is 154 cm³/mol. The number of halogens is 5. The van der Waals surface area contributed by atoms with Gasteiger partial charge in [-0.25, -0.2) is 4.79 Å². The third-order valence-corrected chi connectivity index (χ3v) is 9.54. The van der Waals surface area contributed by atoms with Gasteiger partial charge >= 0.3 is 12.2 Å². The van der Waals surface area contributed by atoms with Crippen LogP contribution in [0.2, 0.25) is 10.0 Å². The Balaban J connectivity index is 1.20. The van der Waals surface area contributed by atoms with Crippen molar-refractivity contribution in [3.63, 3.8) is 0 Å². The number of carbonyl (C=O) groups excluding carboxylic acids is 3. The minimum atomic E-state index is -4.23. The Morgan fingerprint density at radius 2 is 1.40 bits per heavy atom. The van der Waals surface area contributed by atoms with Gasteiger partial charge in [0, 0.05) is 60.3 Å². The zero-order valence-electron chi connectivity index (χ0n) is 23.0. The normalized spacial score (nSPS) is 20.8. The monoisotopic (exact) mass is 624 g/mol. The van der Waals surface area contributed by atoms with E-state index < -0.39 is 18.1 Å². The summed E-state index contributed by atoms with van der Waals surface area (Å²) >= 11 is 13.3. The minimum absolute atomic E-state index is 0.0756. The van der Waals surface area contributed by atoms with Crippen molar-refractivity contribution < 1.29 is 27.6 Å². The first kappa shape index (κ1) is 30.5. The topological polar surface area (TPSA) is 87.0 Å². The maximum Gasteiger partial charge on any atom is 0.391 e. The molecular formula is C30H33Cl2F3N4O3. The van der Waals surface area contributed by atoms with Crippen LogP contribution in [0.25, 0.3) is 11.1 Å². The number of amides is 4. The Hall–Kier alpha value is -2.98. The quantitative estimate of drug-likeness (QED) is 0.442. The first-order valence-electron chi connectivity index (χ1n) is 14.2. The number of likely N-dealkylation sites (tertiary alicyclic amines) is 3. The van der Waals surface area contributed by atoms with Gasteiger partial charge in [-0.1, -0.05) is 35.3 Å². The molecule has 3 aliphatic rings. The van der Waals surface area contributed by atoms with Crippen LogP contribution in [0.1, 0.15) is 48.0 Å². The van der Waals surface area contributed by atoms with Gasteiger partial charge in [-0.3, -0.25) is 9.59 Å². The number of alkyl halides is 3. The van der Waals surface area contributed by atoms with Gasteiger partial charge in [-0.2, -0.15) is 13.2 Å². The number of nitrogens with zero attached hydrogens (tertiary/aromatic N) is 3. The first-order valence-corrected chi connectivity index (χ1v) is 15.0. The van der Waals surface area contributed by atoms with Crippen LogP contribution in [0, 0.1) is 11.8 Å². The molecule has 42 heavy (non-hydrogen) atoms. The third kappa shape index (κ3) is 6.49. The predicted octanol–water partition coefficient (Wildman–Crippen LogP) is 6.01. The van der Waals surface area contributed by atoms with Crippen LogP contribution >= 0.6 is 23.2 Å². The summed E-state index contributed by atoms with van der Waals surface area (Å²) in [6, 6.07) is 10.1. The van der Waals surface area contributed by atoms with Gasteiger partial charge in [-0.15, -0.1) is 0 Å². The van der Waals surface area contributed by atoms with E-state index in [0.717, 1.165) is 11.1 Å². The number of primary amides is 1. The molecule has 226 valence electrons. The van der Waals surface area contributed by atoms with E-state index in [2.05, 4.69) is 0 Å². The van der Waals surface area contributed by atoms with E-state index in [1.54, 1.807) is 41.3 Å². The van der Waals surface area contributed by atoms with E-state index in [0.29, 0.717) is 66.5 Å². The molecule has 4 amide bonds. The zero-order valence-corrected chi connectivity index (χ0v) is 24.5. The number of nitrogens with two attached hydrogens (primary N) is 1. The molecule has 12 heteroatoms. The Bertz CT molecular complexity index is 1320. The number of carbonyl (C=O) groups is 3. The van der Waals surface area contributed by atoms with E-state index in [-0.39, 0.29) is 49.7 Å². The highest BCUT2D eigenvalue weighted by Gasteiger charge is 2.42. The number of urea groups is 1. The lowest BCUT2D eigenvalue weighted by Crippen LogP contribution is -2.49. The lowest BCUT2D eigenvalue weighted by molar-refractivity contribution is -0.183. The molecule has 3 aliphatic heterocycles. The number of hydrogen-bond donors (Lipinski definition) is 1. The molecule has 0 aliphatic carbocycles. The minimum Gasteiger partial charge on any atom is -0.351 e. The van der Waals surface area contributed by atoms with Gasteiger partial charge in [0.05, 0.1) is 5.92 Å². The summed E-state index contributed by atoms with van der Waals surface area (Å²) in [6.07, 6.45) is -1.86. The van der Waals surface area contributed by atoms with Crippen molar-refractivity contribution in [2.75, 3.05) is 32.7 Å². The van der Waals surface area contributed by atoms with Gasteiger partial charge < -0.3 is 20.4 Å². The summed E-state index contributed by atoms with van der Waals surface area (Å²) in [5.41, 5.74) is 8.02. The molecule has 0 bridgehead atoms. The van der Waals surface area contributed by atoms with Crippen LogP contribution in [-0.2, 0) is 11.2 Å². The van der Waals surface area contributed by atoms with Crippen LogP contribution in [0.15, 0.2) is 36.4 Å². The molecule has 7 nitrogen and oxygen atoms in total. The van der Waals surface area contributed by atoms with Gasteiger partial charge in [0.1, 0.15) is 0 Å². The maximum absolute atomic E-state index is 13.3. The molecule has 2 aromatic carbocycles. The largest absolute Gasteiger partial charge is 0.391 e. The van der Waals surface area contributed by atoms with Crippen molar-refractivity contribution in [3.8, 4) is 11.1 Å². The van der Waals surface area contributed by atoms with Crippen molar-refractivity contribution in [2.45, 2.75) is 50.7 Å². The number of benzene rings is 2. The fraction of sp³-hybridized carbons (Fsp3) is 0.500. The van der Waals surface area contributed by atoms with E-state index in [9.17, 15) is 27.6 Å². The smallest absolute Gasteiger partial charge is 0.351 e. The summed E-state index contributed by atoms with van der Waals surface area (Å²) in [4.78, 5) is 42.5. The molecule has 0 aromatic heterocycles. The van der Waals surface area contributed by atoms with Crippen molar-refractivity contribution in [2.24, 2.45) is 17.6 Å². The Kier molecular flexibility index (Phi) is 8.94. The Labute approximate surface area is 252 Å². The molecule has 0 radical (unpaired) electrons. The number of piperidine rings is 2. The number of rotatable bonds is 5. The van der Waals surface area contributed by atoms with Crippen molar-refractivity contribution in [1.29, 1.82) is 0 Å².